The van der Waals surface area contributed by atoms with Crippen molar-refractivity contribution in [2.24, 2.45) is 0 Å². The minimum absolute atomic E-state index is 0.311. The van der Waals surface area contributed by atoms with Crippen LogP contribution in [0.25, 0.3) is 5.52 Å². The highest BCUT2D eigenvalue weighted by Gasteiger charge is 2.33. The number of aromatic nitrogens is 5. The van der Waals surface area contributed by atoms with E-state index < -0.39 is 0 Å². The predicted octanol–water partition coefficient (Wildman–Crippen LogP) is 2.36. The molecule has 1 atom stereocenters. The smallest absolute Gasteiger partial charge is 0.197 e. The van der Waals surface area contributed by atoms with E-state index in [0.29, 0.717) is 18.4 Å². The van der Waals surface area contributed by atoms with Gasteiger partial charge >= 0.3 is 0 Å². The summed E-state index contributed by atoms with van der Waals surface area (Å²) >= 11 is 0. The molecule has 0 N–H and O–H groups in total. The molecule has 3 aromatic rings. The Morgan fingerprint density at radius 1 is 1.15 bits per heavy atom. The molecule has 0 aromatic carbocycles. The summed E-state index contributed by atoms with van der Waals surface area (Å²) in [4.78, 5) is 16.5. The van der Waals surface area contributed by atoms with Gasteiger partial charge in [0.1, 0.15) is 23.4 Å². The Balaban J connectivity index is 1.41. The van der Waals surface area contributed by atoms with E-state index in [1.807, 2.05) is 11.4 Å². The normalized spacial score (nSPS) is 22.6. The number of hydrogen-bond donors (Lipinski definition) is 0. The first-order chi connectivity index (χ1) is 13.3. The van der Waals surface area contributed by atoms with Crippen LogP contribution in [0.3, 0.4) is 0 Å². The summed E-state index contributed by atoms with van der Waals surface area (Å²) in [5.74, 6) is 4.60. The molecule has 1 saturated carbocycles. The van der Waals surface area contributed by atoms with Crippen molar-refractivity contribution in [2.45, 2.75) is 51.0 Å². The molecule has 27 heavy (non-hydrogen) atoms. The predicted molar refractivity (Wildman–Crippen MR) is 96.9 cm³/mol. The first-order valence-electron chi connectivity index (χ1n) is 9.79. The highest BCUT2D eigenvalue weighted by Crippen LogP contribution is 2.41. The van der Waals surface area contributed by atoms with Gasteiger partial charge in [-0.2, -0.15) is 5.10 Å². The lowest BCUT2D eigenvalue weighted by Crippen LogP contribution is -2.31. The standard InChI is InChI=1S/C19H22N6O2/c1-11-22-16(13-5-7-26-9-13)17-18(20-10-21-25(11)17)24-6-4-14-15(8-24)27-19(23-14)12-2-3-12/h10,12-13H,2-9H2,1H3. The van der Waals surface area contributed by atoms with Crippen LogP contribution in [0.5, 0.6) is 0 Å². The number of oxazole rings is 1. The van der Waals surface area contributed by atoms with Gasteiger partial charge in [-0.05, 0) is 26.2 Å². The second-order valence-electron chi connectivity index (χ2n) is 7.82. The topological polar surface area (TPSA) is 81.6 Å². The van der Waals surface area contributed by atoms with Gasteiger partial charge in [0.15, 0.2) is 11.7 Å². The molecule has 0 spiro atoms. The van der Waals surface area contributed by atoms with Gasteiger partial charge in [-0.1, -0.05) is 0 Å². The van der Waals surface area contributed by atoms with E-state index in [1.54, 1.807) is 6.33 Å². The van der Waals surface area contributed by atoms with Crippen LogP contribution in [0.4, 0.5) is 5.82 Å². The third-order valence-corrected chi connectivity index (χ3v) is 5.89. The highest BCUT2D eigenvalue weighted by molar-refractivity contribution is 5.73. The Morgan fingerprint density at radius 3 is 2.89 bits per heavy atom. The van der Waals surface area contributed by atoms with Crippen LogP contribution >= 0.6 is 0 Å². The first-order valence-corrected chi connectivity index (χ1v) is 9.79. The molecular weight excluding hydrogens is 344 g/mol. The quantitative estimate of drug-likeness (QED) is 0.704. The van der Waals surface area contributed by atoms with Crippen molar-refractivity contribution in [1.82, 2.24) is 24.6 Å². The van der Waals surface area contributed by atoms with Crippen molar-refractivity contribution in [1.29, 1.82) is 0 Å². The maximum Gasteiger partial charge on any atom is 0.197 e. The van der Waals surface area contributed by atoms with E-state index in [0.717, 1.165) is 72.8 Å². The lowest BCUT2D eigenvalue weighted by atomic mass is 10.0. The second kappa shape index (κ2) is 5.76. The number of aryl methyl sites for hydroxylation is 1. The molecule has 1 unspecified atom stereocenters. The molecule has 8 nitrogen and oxygen atoms in total. The lowest BCUT2D eigenvalue weighted by Gasteiger charge is -2.27. The summed E-state index contributed by atoms with van der Waals surface area (Å²) in [5, 5.41) is 4.45. The number of fused-ring (bicyclic) bond motifs is 2. The van der Waals surface area contributed by atoms with Gasteiger partial charge in [-0.3, -0.25) is 0 Å². The molecule has 0 amide bonds. The zero-order valence-corrected chi connectivity index (χ0v) is 15.4. The van der Waals surface area contributed by atoms with Crippen molar-refractivity contribution in [3.8, 4) is 0 Å². The number of rotatable bonds is 3. The van der Waals surface area contributed by atoms with Crippen LogP contribution in [0, 0.1) is 6.92 Å². The van der Waals surface area contributed by atoms with E-state index in [9.17, 15) is 0 Å². The highest BCUT2D eigenvalue weighted by atomic mass is 16.5. The van der Waals surface area contributed by atoms with Gasteiger partial charge in [-0.25, -0.2) is 19.5 Å². The van der Waals surface area contributed by atoms with Crippen molar-refractivity contribution < 1.29 is 9.15 Å². The maximum absolute atomic E-state index is 6.09. The number of imidazole rings is 1. The van der Waals surface area contributed by atoms with Crippen molar-refractivity contribution in [3.63, 3.8) is 0 Å². The molecule has 2 aliphatic heterocycles. The molecule has 3 aromatic heterocycles. The minimum Gasteiger partial charge on any atom is -0.443 e. The average molecular weight is 366 g/mol. The van der Waals surface area contributed by atoms with Crippen LogP contribution in [0.2, 0.25) is 0 Å². The summed E-state index contributed by atoms with van der Waals surface area (Å²) in [6.45, 7) is 5.09. The molecule has 1 saturated heterocycles. The van der Waals surface area contributed by atoms with Gasteiger partial charge in [-0.15, -0.1) is 0 Å². The summed E-state index contributed by atoms with van der Waals surface area (Å²) < 4.78 is 13.6. The van der Waals surface area contributed by atoms with Gasteiger partial charge in [0.2, 0.25) is 0 Å². The Hall–Kier alpha value is -2.48. The average Bonchev–Trinajstić information content (AvgIpc) is 3.10. The van der Waals surface area contributed by atoms with Gasteiger partial charge in [0.25, 0.3) is 0 Å². The third kappa shape index (κ3) is 2.46. The fourth-order valence-electron chi connectivity index (χ4n) is 4.26. The second-order valence-corrected chi connectivity index (χ2v) is 7.82. The van der Waals surface area contributed by atoms with Crippen LogP contribution in [0.15, 0.2) is 10.7 Å². The Morgan fingerprint density at radius 2 is 2.07 bits per heavy atom. The lowest BCUT2D eigenvalue weighted by molar-refractivity contribution is 0.193. The molecule has 140 valence electrons. The van der Waals surface area contributed by atoms with Crippen molar-refractivity contribution in [3.05, 3.63) is 35.2 Å². The minimum atomic E-state index is 0.311. The first kappa shape index (κ1) is 15.6. The maximum atomic E-state index is 6.09. The number of ether oxygens (including phenoxy) is 1. The molecule has 1 aliphatic carbocycles. The molecule has 0 radical (unpaired) electrons. The summed E-state index contributed by atoms with van der Waals surface area (Å²) in [7, 11) is 0. The number of hydrogen-bond acceptors (Lipinski definition) is 7. The summed E-state index contributed by atoms with van der Waals surface area (Å²) in [6, 6.07) is 0. The van der Waals surface area contributed by atoms with E-state index in [2.05, 4.69) is 15.0 Å². The molecule has 5 heterocycles. The summed E-state index contributed by atoms with van der Waals surface area (Å²) in [6.07, 6.45) is 5.92. The van der Waals surface area contributed by atoms with Crippen LogP contribution in [0.1, 0.15) is 60.0 Å². The number of nitrogens with zero attached hydrogens (tertiary/aromatic N) is 6. The Bertz CT molecular complexity index is 1010. The monoisotopic (exact) mass is 366 g/mol. The number of anilines is 1. The fraction of sp³-hybridized carbons (Fsp3) is 0.579. The molecule has 3 aliphatic rings. The van der Waals surface area contributed by atoms with Crippen LogP contribution in [-0.4, -0.2) is 44.3 Å². The van der Waals surface area contributed by atoms with E-state index >= 15 is 0 Å². The Kier molecular flexibility index (Phi) is 3.32. The SMILES string of the molecule is Cc1nc(C2CCOC2)c2c(N3CCc4nc(C5CC5)oc4C3)ncnn12. The van der Waals surface area contributed by atoms with E-state index in [4.69, 9.17) is 19.1 Å². The zero-order valence-electron chi connectivity index (χ0n) is 15.4. The largest absolute Gasteiger partial charge is 0.443 e. The third-order valence-electron chi connectivity index (χ3n) is 5.89. The van der Waals surface area contributed by atoms with Crippen molar-refractivity contribution in [2.75, 3.05) is 24.7 Å². The molecule has 2 fully saturated rings. The van der Waals surface area contributed by atoms with Crippen molar-refractivity contribution >= 4 is 11.3 Å². The van der Waals surface area contributed by atoms with E-state index in [-0.39, 0.29) is 0 Å². The molecule has 6 rings (SSSR count). The van der Waals surface area contributed by atoms with E-state index in [1.165, 1.54) is 12.8 Å². The van der Waals surface area contributed by atoms with Crippen LogP contribution < -0.4 is 4.90 Å². The fourth-order valence-corrected chi connectivity index (χ4v) is 4.26. The van der Waals surface area contributed by atoms with Gasteiger partial charge < -0.3 is 14.1 Å². The molecular formula is C19H22N6O2. The van der Waals surface area contributed by atoms with Gasteiger partial charge in [0.05, 0.1) is 24.5 Å². The molecule has 8 heteroatoms. The summed E-state index contributed by atoms with van der Waals surface area (Å²) in [5.41, 5.74) is 3.19. The Labute approximate surface area is 156 Å². The van der Waals surface area contributed by atoms with Crippen LogP contribution in [-0.2, 0) is 17.7 Å². The van der Waals surface area contributed by atoms with Gasteiger partial charge in [0, 0.05) is 31.4 Å². The molecule has 0 bridgehead atoms. The zero-order chi connectivity index (χ0) is 18.0.